The summed E-state index contributed by atoms with van der Waals surface area (Å²) in [6, 6.07) is 0. The number of aliphatic imine (C=N–C) groups is 1. The third-order valence-electron chi connectivity index (χ3n) is 3.04. The van der Waals surface area contributed by atoms with E-state index in [2.05, 4.69) is 4.99 Å². The van der Waals surface area contributed by atoms with Crippen molar-refractivity contribution in [2.24, 2.45) is 10.7 Å². The number of hydrogen-bond donors (Lipinski definition) is 2. The number of aromatic hydroxyl groups is 1. The van der Waals surface area contributed by atoms with E-state index in [-0.39, 0.29) is 5.75 Å². The molecule has 0 saturated carbocycles. The Morgan fingerprint density at radius 3 is 2.42 bits per heavy atom. The van der Waals surface area contributed by atoms with Crippen LogP contribution in [0.25, 0.3) is 0 Å². The molecular formula is C14H18N2O3. The van der Waals surface area contributed by atoms with Gasteiger partial charge in [0.25, 0.3) is 0 Å². The third-order valence-corrected chi connectivity index (χ3v) is 3.04. The summed E-state index contributed by atoms with van der Waals surface area (Å²) in [6.07, 6.45) is 4.32. The third kappa shape index (κ3) is 2.76. The topological polar surface area (TPSA) is 84.9 Å². The molecule has 0 radical (unpaired) electrons. The van der Waals surface area contributed by atoms with Crippen LogP contribution in [0.5, 0.6) is 5.75 Å². The molecule has 5 nitrogen and oxygen atoms in total. The van der Waals surface area contributed by atoms with Crippen molar-refractivity contribution in [1.82, 2.24) is 0 Å². The van der Waals surface area contributed by atoms with E-state index in [1.807, 2.05) is 0 Å². The number of phenolic OH excluding ortho intramolecular Hbond substituents is 1. The second-order valence-electron chi connectivity index (χ2n) is 4.10. The summed E-state index contributed by atoms with van der Waals surface area (Å²) in [5.74, 6) is -0.381. The maximum atomic E-state index is 11.8. The van der Waals surface area contributed by atoms with Crippen molar-refractivity contribution >= 4 is 17.9 Å². The zero-order valence-corrected chi connectivity index (χ0v) is 11.5. The molecule has 0 aliphatic carbocycles. The first-order chi connectivity index (χ1) is 8.95. The summed E-state index contributed by atoms with van der Waals surface area (Å²) >= 11 is 0. The SMILES string of the molecule is COC(=O)c1c(C)c(C)c(O)c(N=C/C=C\N)c1C. The van der Waals surface area contributed by atoms with Gasteiger partial charge in [-0.2, -0.15) is 0 Å². The van der Waals surface area contributed by atoms with E-state index < -0.39 is 5.97 Å². The van der Waals surface area contributed by atoms with E-state index in [1.165, 1.54) is 25.6 Å². The van der Waals surface area contributed by atoms with Crippen molar-refractivity contribution in [2.45, 2.75) is 20.8 Å². The van der Waals surface area contributed by atoms with Gasteiger partial charge >= 0.3 is 5.97 Å². The average Bonchev–Trinajstić information content (AvgIpc) is 2.40. The quantitative estimate of drug-likeness (QED) is 0.646. The molecule has 0 amide bonds. The van der Waals surface area contributed by atoms with Crippen LogP contribution in [0.4, 0.5) is 5.69 Å². The molecule has 1 aromatic carbocycles. The van der Waals surface area contributed by atoms with E-state index >= 15 is 0 Å². The second kappa shape index (κ2) is 6.04. The normalized spacial score (nSPS) is 11.4. The molecule has 0 atom stereocenters. The number of carbonyl (C=O) groups excluding carboxylic acids is 1. The Kier molecular flexibility index (Phi) is 4.69. The van der Waals surface area contributed by atoms with Crippen LogP contribution < -0.4 is 5.73 Å². The van der Waals surface area contributed by atoms with E-state index in [4.69, 9.17) is 10.5 Å². The van der Waals surface area contributed by atoms with Crippen LogP contribution in [0.3, 0.4) is 0 Å². The number of methoxy groups -OCH3 is 1. The molecule has 19 heavy (non-hydrogen) atoms. The number of phenols is 1. The van der Waals surface area contributed by atoms with Gasteiger partial charge < -0.3 is 15.6 Å². The molecular weight excluding hydrogens is 244 g/mol. The molecule has 102 valence electrons. The number of carbonyl (C=O) groups is 1. The van der Waals surface area contributed by atoms with Crippen LogP contribution >= 0.6 is 0 Å². The van der Waals surface area contributed by atoms with Crippen LogP contribution in [0.1, 0.15) is 27.0 Å². The lowest BCUT2D eigenvalue weighted by Crippen LogP contribution is -2.08. The maximum absolute atomic E-state index is 11.8. The van der Waals surface area contributed by atoms with Crippen LogP contribution in [0.15, 0.2) is 17.3 Å². The lowest BCUT2D eigenvalue weighted by molar-refractivity contribution is 0.0599. The summed E-state index contributed by atoms with van der Waals surface area (Å²) < 4.78 is 4.77. The zero-order chi connectivity index (χ0) is 14.6. The molecule has 5 heteroatoms. The van der Waals surface area contributed by atoms with E-state index in [0.29, 0.717) is 27.9 Å². The molecule has 0 bridgehead atoms. The minimum absolute atomic E-state index is 0.0596. The van der Waals surface area contributed by atoms with Gasteiger partial charge in [-0.3, -0.25) is 4.99 Å². The number of hydrogen-bond acceptors (Lipinski definition) is 5. The van der Waals surface area contributed by atoms with Gasteiger partial charge in [-0.1, -0.05) is 0 Å². The number of ether oxygens (including phenoxy) is 1. The molecule has 3 N–H and O–H groups in total. The average molecular weight is 262 g/mol. The highest BCUT2D eigenvalue weighted by molar-refractivity contribution is 5.96. The molecule has 1 aromatic rings. The van der Waals surface area contributed by atoms with Crippen molar-refractivity contribution < 1.29 is 14.6 Å². The van der Waals surface area contributed by atoms with Gasteiger partial charge in [-0.05, 0) is 49.7 Å². The molecule has 0 aliphatic heterocycles. The Balaban J connectivity index is 3.56. The van der Waals surface area contributed by atoms with Gasteiger partial charge in [0.05, 0.1) is 12.7 Å². The molecule has 1 rings (SSSR count). The van der Waals surface area contributed by atoms with Gasteiger partial charge in [-0.15, -0.1) is 0 Å². The van der Waals surface area contributed by atoms with E-state index in [9.17, 15) is 9.90 Å². The number of nitrogens with zero attached hydrogens (tertiary/aromatic N) is 1. The largest absolute Gasteiger partial charge is 0.505 e. The Morgan fingerprint density at radius 1 is 1.26 bits per heavy atom. The molecule has 0 saturated heterocycles. The van der Waals surface area contributed by atoms with Crippen LogP contribution in [0, 0.1) is 20.8 Å². The van der Waals surface area contributed by atoms with Crippen molar-refractivity contribution in [3.63, 3.8) is 0 Å². The summed E-state index contributed by atoms with van der Waals surface area (Å²) in [7, 11) is 1.32. The van der Waals surface area contributed by atoms with E-state index in [1.54, 1.807) is 20.8 Å². The van der Waals surface area contributed by atoms with E-state index in [0.717, 1.165) is 0 Å². The smallest absolute Gasteiger partial charge is 0.338 e. The summed E-state index contributed by atoms with van der Waals surface area (Å²) in [5, 5.41) is 10.1. The number of rotatable bonds is 3. The van der Waals surface area contributed by atoms with Gasteiger partial charge in [0.15, 0.2) is 0 Å². The van der Waals surface area contributed by atoms with Crippen LogP contribution in [-0.4, -0.2) is 24.4 Å². The standard InChI is InChI=1S/C14H18N2O3/c1-8-9(2)13(17)12(16-7-5-6-15)10(3)11(8)14(18)19-4/h5-7,17H,15H2,1-4H3/b6-5-,16-7?. The first-order valence-electron chi connectivity index (χ1n) is 5.77. The summed E-state index contributed by atoms with van der Waals surface area (Å²) in [6.45, 7) is 5.22. The Labute approximate surface area is 112 Å². The lowest BCUT2D eigenvalue weighted by Gasteiger charge is -2.15. The Hall–Kier alpha value is -2.30. The van der Waals surface area contributed by atoms with Gasteiger partial charge in [0.1, 0.15) is 11.4 Å². The molecule has 0 spiro atoms. The first kappa shape index (κ1) is 14.8. The fraction of sp³-hybridized carbons (Fsp3) is 0.286. The highest BCUT2D eigenvalue weighted by Crippen LogP contribution is 2.38. The van der Waals surface area contributed by atoms with Crippen molar-refractivity contribution in [2.75, 3.05) is 7.11 Å². The van der Waals surface area contributed by atoms with Gasteiger partial charge in [-0.25, -0.2) is 4.79 Å². The molecule has 0 aliphatic rings. The van der Waals surface area contributed by atoms with Crippen LogP contribution in [0.2, 0.25) is 0 Å². The predicted octanol–water partition coefficient (Wildman–Crippen LogP) is 2.28. The van der Waals surface area contributed by atoms with Crippen molar-refractivity contribution in [1.29, 1.82) is 0 Å². The lowest BCUT2D eigenvalue weighted by atomic mass is 9.95. The minimum atomic E-state index is -0.441. The van der Waals surface area contributed by atoms with Crippen LogP contribution in [-0.2, 0) is 4.74 Å². The number of benzene rings is 1. The molecule has 0 aromatic heterocycles. The predicted molar refractivity (Wildman–Crippen MR) is 75.1 cm³/mol. The molecule has 0 fully saturated rings. The Bertz CT molecular complexity index is 561. The highest BCUT2D eigenvalue weighted by atomic mass is 16.5. The number of allylic oxidation sites excluding steroid dienone is 1. The summed E-state index contributed by atoms with van der Waals surface area (Å²) in [4.78, 5) is 15.9. The zero-order valence-electron chi connectivity index (χ0n) is 11.5. The Morgan fingerprint density at radius 2 is 1.89 bits per heavy atom. The highest BCUT2D eigenvalue weighted by Gasteiger charge is 2.21. The minimum Gasteiger partial charge on any atom is -0.505 e. The summed E-state index contributed by atoms with van der Waals surface area (Å²) in [5.41, 5.74) is 7.87. The first-order valence-corrected chi connectivity index (χ1v) is 5.77. The maximum Gasteiger partial charge on any atom is 0.338 e. The van der Waals surface area contributed by atoms with Gasteiger partial charge in [0, 0.05) is 6.21 Å². The van der Waals surface area contributed by atoms with Crippen molar-refractivity contribution in [3.8, 4) is 5.75 Å². The van der Waals surface area contributed by atoms with Gasteiger partial charge in [0.2, 0.25) is 0 Å². The second-order valence-corrected chi connectivity index (χ2v) is 4.10. The fourth-order valence-corrected chi connectivity index (χ4v) is 1.85. The number of nitrogens with two attached hydrogens (primary N) is 1. The van der Waals surface area contributed by atoms with Crippen molar-refractivity contribution in [3.05, 3.63) is 34.5 Å². The molecule has 0 heterocycles. The monoisotopic (exact) mass is 262 g/mol. The number of esters is 1. The fourth-order valence-electron chi connectivity index (χ4n) is 1.85. The molecule has 0 unspecified atom stereocenters.